The molecule has 5 heterocycles. The van der Waals surface area contributed by atoms with E-state index >= 15 is 0 Å². The highest BCUT2D eigenvalue weighted by Crippen LogP contribution is 2.37. The number of nitrogens with zero attached hydrogens (tertiary/aromatic N) is 5. The SMILES string of the molecule is Cc1ccc(-n2c3ccccc3c3ccc(-c4cccc(-c5cccc(-c6cccc(-c7ccc8c9ccccc9n(-c9ccc(C)cc9)c8c7)n6)n5)n4)cc32)cc1. The van der Waals surface area contributed by atoms with E-state index in [0.717, 1.165) is 67.7 Å². The lowest BCUT2D eigenvalue weighted by molar-refractivity contribution is 1.17. The minimum Gasteiger partial charge on any atom is -0.309 e. The Labute approximate surface area is 336 Å². The molecule has 0 saturated heterocycles. The highest BCUT2D eigenvalue weighted by atomic mass is 15.0. The average Bonchev–Trinajstić information content (AvgIpc) is 3.79. The normalized spacial score (nSPS) is 11.6. The van der Waals surface area contributed by atoms with E-state index < -0.39 is 0 Å². The van der Waals surface area contributed by atoms with Crippen molar-refractivity contribution in [3.63, 3.8) is 0 Å². The molecule has 5 nitrogen and oxygen atoms in total. The molecule has 11 rings (SSSR count). The Morgan fingerprint density at radius 1 is 0.293 bits per heavy atom. The van der Waals surface area contributed by atoms with Crippen LogP contribution in [0.25, 0.3) is 100 Å². The van der Waals surface area contributed by atoms with Crippen molar-refractivity contribution in [2.75, 3.05) is 0 Å². The van der Waals surface area contributed by atoms with E-state index in [0.29, 0.717) is 0 Å². The largest absolute Gasteiger partial charge is 0.309 e. The number of aryl methyl sites for hydroxylation is 2. The quantitative estimate of drug-likeness (QED) is 0.170. The molecular weight excluding hydrogens is 707 g/mol. The molecule has 5 heteroatoms. The lowest BCUT2D eigenvalue weighted by Crippen LogP contribution is -1.96. The summed E-state index contributed by atoms with van der Waals surface area (Å²) in [7, 11) is 0. The Morgan fingerprint density at radius 3 is 1.05 bits per heavy atom. The standard InChI is InChI=1S/C53H37N5/c1-34-20-26-38(27-21-34)57-50-18-5-3-10-40(50)42-30-24-36(32-52(42)57)44-12-7-14-46(54-44)48-16-9-17-49(56-48)47-15-8-13-45(55-47)37-25-31-43-41-11-4-6-19-51(41)58(53(43)33-37)39-28-22-35(2)23-29-39/h3-33H,1-2H3. The van der Waals surface area contributed by atoms with Gasteiger partial charge in [0.1, 0.15) is 0 Å². The van der Waals surface area contributed by atoms with E-state index in [4.69, 9.17) is 15.0 Å². The second-order valence-corrected chi connectivity index (χ2v) is 15.1. The molecule has 274 valence electrons. The molecule has 0 radical (unpaired) electrons. The molecule has 0 atom stereocenters. The van der Waals surface area contributed by atoms with Crippen molar-refractivity contribution >= 4 is 43.6 Å². The van der Waals surface area contributed by atoms with Crippen molar-refractivity contribution in [2.45, 2.75) is 13.8 Å². The fourth-order valence-electron chi connectivity index (χ4n) is 8.40. The van der Waals surface area contributed by atoms with Gasteiger partial charge in [0.05, 0.1) is 56.2 Å². The first-order valence-corrected chi connectivity index (χ1v) is 19.7. The summed E-state index contributed by atoms with van der Waals surface area (Å²) in [6, 6.07) is 66.5. The third kappa shape index (κ3) is 5.67. The molecule has 0 aliphatic rings. The summed E-state index contributed by atoms with van der Waals surface area (Å²) in [6.45, 7) is 4.25. The maximum Gasteiger partial charge on any atom is 0.0894 e. The van der Waals surface area contributed by atoms with Gasteiger partial charge in [-0.05, 0) is 98.8 Å². The van der Waals surface area contributed by atoms with Crippen molar-refractivity contribution in [3.05, 3.63) is 199 Å². The number of hydrogen-bond acceptors (Lipinski definition) is 3. The van der Waals surface area contributed by atoms with Gasteiger partial charge in [0.25, 0.3) is 0 Å². The fraction of sp³-hybridized carbons (Fsp3) is 0.0377. The van der Waals surface area contributed by atoms with Crippen LogP contribution in [0.4, 0.5) is 0 Å². The number of hydrogen-bond donors (Lipinski definition) is 0. The third-order valence-corrected chi connectivity index (χ3v) is 11.3. The van der Waals surface area contributed by atoms with Crippen LogP contribution in [-0.4, -0.2) is 24.1 Å². The van der Waals surface area contributed by atoms with Gasteiger partial charge in [0.2, 0.25) is 0 Å². The van der Waals surface area contributed by atoms with Gasteiger partial charge in [-0.25, -0.2) is 15.0 Å². The number of para-hydroxylation sites is 2. The highest BCUT2D eigenvalue weighted by molar-refractivity contribution is 6.11. The Kier molecular flexibility index (Phi) is 7.86. The lowest BCUT2D eigenvalue weighted by Gasteiger charge is -2.10. The molecule has 0 fully saturated rings. The first kappa shape index (κ1) is 33.7. The maximum absolute atomic E-state index is 5.18. The molecule has 0 aliphatic heterocycles. The van der Waals surface area contributed by atoms with Crippen LogP contribution in [0.15, 0.2) is 188 Å². The van der Waals surface area contributed by atoms with E-state index in [1.165, 1.54) is 43.7 Å². The topological polar surface area (TPSA) is 48.5 Å². The van der Waals surface area contributed by atoms with Crippen LogP contribution in [0.3, 0.4) is 0 Å². The predicted octanol–water partition coefficient (Wildman–Crippen LogP) is 13.4. The smallest absolute Gasteiger partial charge is 0.0894 e. The predicted molar refractivity (Wildman–Crippen MR) is 240 cm³/mol. The van der Waals surface area contributed by atoms with Gasteiger partial charge >= 0.3 is 0 Å². The van der Waals surface area contributed by atoms with Crippen LogP contribution in [0.2, 0.25) is 0 Å². The first-order chi connectivity index (χ1) is 28.6. The zero-order chi connectivity index (χ0) is 38.7. The van der Waals surface area contributed by atoms with Gasteiger partial charge in [-0.3, -0.25) is 0 Å². The summed E-state index contributed by atoms with van der Waals surface area (Å²) in [5.41, 5.74) is 16.5. The van der Waals surface area contributed by atoms with Crippen LogP contribution in [0.5, 0.6) is 0 Å². The molecule has 11 aromatic rings. The number of benzene rings is 6. The lowest BCUT2D eigenvalue weighted by atomic mass is 10.1. The summed E-state index contributed by atoms with van der Waals surface area (Å²) < 4.78 is 4.71. The minimum atomic E-state index is 0.797. The summed E-state index contributed by atoms with van der Waals surface area (Å²) in [5, 5.41) is 4.90. The van der Waals surface area contributed by atoms with Crippen molar-refractivity contribution in [1.82, 2.24) is 24.1 Å². The van der Waals surface area contributed by atoms with Crippen molar-refractivity contribution in [3.8, 4) is 56.7 Å². The van der Waals surface area contributed by atoms with Gasteiger partial charge in [0.15, 0.2) is 0 Å². The van der Waals surface area contributed by atoms with Gasteiger partial charge in [-0.2, -0.15) is 0 Å². The summed E-state index contributed by atoms with van der Waals surface area (Å²) in [4.78, 5) is 15.5. The third-order valence-electron chi connectivity index (χ3n) is 11.3. The molecule has 0 unspecified atom stereocenters. The summed E-state index contributed by atoms with van der Waals surface area (Å²) >= 11 is 0. The van der Waals surface area contributed by atoms with Crippen molar-refractivity contribution in [1.29, 1.82) is 0 Å². The number of fused-ring (bicyclic) bond motifs is 6. The highest BCUT2D eigenvalue weighted by Gasteiger charge is 2.16. The van der Waals surface area contributed by atoms with Crippen LogP contribution >= 0.6 is 0 Å². The van der Waals surface area contributed by atoms with E-state index in [9.17, 15) is 0 Å². The zero-order valence-corrected chi connectivity index (χ0v) is 32.1. The van der Waals surface area contributed by atoms with Crippen LogP contribution < -0.4 is 0 Å². The van der Waals surface area contributed by atoms with E-state index in [-0.39, 0.29) is 0 Å². The molecule has 6 aromatic carbocycles. The molecule has 0 amide bonds. The fourth-order valence-corrected chi connectivity index (χ4v) is 8.40. The molecule has 58 heavy (non-hydrogen) atoms. The van der Waals surface area contributed by atoms with Gasteiger partial charge in [-0.15, -0.1) is 0 Å². The summed E-state index contributed by atoms with van der Waals surface area (Å²) in [6.07, 6.45) is 0. The maximum atomic E-state index is 5.18. The van der Waals surface area contributed by atoms with Crippen LogP contribution in [-0.2, 0) is 0 Å². The first-order valence-electron chi connectivity index (χ1n) is 19.7. The molecule has 5 aromatic heterocycles. The second kappa shape index (κ2) is 13.5. The molecule has 0 bridgehead atoms. The van der Waals surface area contributed by atoms with E-state index in [1.54, 1.807) is 0 Å². The van der Waals surface area contributed by atoms with Crippen LogP contribution in [0, 0.1) is 13.8 Å². The molecule has 0 aliphatic carbocycles. The van der Waals surface area contributed by atoms with Crippen molar-refractivity contribution in [2.24, 2.45) is 0 Å². The molecular formula is C53H37N5. The second-order valence-electron chi connectivity index (χ2n) is 15.1. The molecule has 0 saturated carbocycles. The van der Waals surface area contributed by atoms with Gasteiger partial charge in [-0.1, -0.05) is 114 Å². The minimum absolute atomic E-state index is 0.797. The molecule has 0 spiro atoms. The Bertz CT molecular complexity index is 3130. The number of aromatic nitrogens is 5. The van der Waals surface area contributed by atoms with E-state index in [2.05, 4.69) is 181 Å². The Balaban J connectivity index is 0.954. The monoisotopic (exact) mass is 743 g/mol. The Hall–Kier alpha value is -7.63. The van der Waals surface area contributed by atoms with Crippen LogP contribution in [0.1, 0.15) is 11.1 Å². The van der Waals surface area contributed by atoms with E-state index in [1.807, 2.05) is 30.3 Å². The summed E-state index contributed by atoms with van der Waals surface area (Å²) in [5.74, 6) is 0. The average molecular weight is 744 g/mol. The molecule has 0 N–H and O–H groups in total. The van der Waals surface area contributed by atoms with Crippen molar-refractivity contribution < 1.29 is 0 Å². The zero-order valence-electron chi connectivity index (χ0n) is 32.1. The van der Waals surface area contributed by atoms with Gasteiger partial charge < -0.3 is 9.13 Å². The van der Waals surface area contributed by atoms with Gasteiger partial charge in [0, 0.05) is 44.0 Å². The number of pyridine rings is 3. The number of rotatable bonds is 6. The Morgan fingerprint density at radius 2 is 0.638 bits per heavy atom.